The van der Waals surface area contributed by atoms with Crippen LogP contribution >= 0.6 is 0 Å². The quantitative estimate of drug-likeness (QED) is 0.787. The first kappa shape index (κ1) is 15.1. The average molecular weight is 260 g/mol. The Morgan fingerprint density at radius 3 is 2.59 bits per heavy atom. The van der Waals surface area contributed by atoms with E-state index in [1.165, 1.54) is 12.8 Å². The third-order valence-corrected chi connectivity index (χ3v) is 5.02. The van der Waals surface area contributed by atoms with E-state index in [0.29, 0.717) is 11.6 Å². The molecule has 17 heavy (non-hydrogen) atoms. The van der Waals surface area contributed by atoms with Crippen LogP contribution in [0.1, 0.15) is 40.0 Å². The molecule has 0 aromatic rings. The van der Waals surface area contributed by atoms with Gasteiger partial charge in [0.15, 0.2) is 0 Å². The first-order chi connectivity index (χ1) is 8.03. The summed E-state index contributed by atoms with van der Waals surface area (Å²) >= 11 is 0. The number of rotatable bonds is 6. The molecule has 2 atom stereocenters. The molecule has 1 heterocycles. The maximum atomic E-state index is 11.2. The molecule has 0 aromatic carbocycles. The van der Waals surface area contributed by atoms with Crippen LogP contribution in [0.3, 0.4) is 0 Å². The Morgan fingerprint density at radius 2 is 2.06 bits per heavy atom. The highest BCUT2D eigenvalue weighted by Crippen LogP contribution is 2.22. The molecule has 4 heteroatoms. The fourth-order valence-electron chi connectivity index (χ4n) is 2.61. The van der Waals surface area contributed by atoms with Gasteiger partial charge in [0.05, 0.1) is 0 Å². The molecule has 1 aliphatic rings. The Bertz CT molecular complexity index is 254. The summed E-state index contributed by atoms with van der Waals surface area (Å²) in [6.45, 7) is 10.2. The van der Waals surface area contributed by atoms with Gasteiger partial charge in [-0.3, -0.25) is 9.11 Å². The van der Waals surface area contributed by atoms with E-state index in [-0.39, 0.29) is 0 Å². The van der Waals surface area contributed by atoms with E-state index in [0.717, 1.165) is 31.8 Å². The molecule has 0 saturated carbocycles. The highest BCUT2D eigenvalue weighted by Gasteiger charge is 2.33. The second-order valence-electron chi connectivity index (χ2n) is 5.30. The predicted molar refractivity (Wildman–Crippen MR) is 75.9 cm³/mol. The van der Waals surface area contributed by atoms with Crippen LogP contribution in [-0.2, 0) is 10.8 Å². The van der Waals surface area contributed by atoms with Crippen molar-refractivity contribution < 1.29 is 4.21 Å². The minimum absolute atomic E-state index is 0.303. The molecule has 1 fully saturated rings. The van der Waals surface area contributed by atoms with Gasteiger partial charge in [-0.15, -0.1) is 0 Å². The zero-order valence-corrected chi connectivity index (χ0v) is 12.6. The smallest absolute Gasteiger partial charge is 0.0304 e. The molecule has 102 valence electrons. The van der Waals surface area contributed by atoms with Gasteiger partial charge in [-0.2, -0.15) is 0 Å². The van der Waals surface area contributed by atoms with E-state index in [9.17, 15) is 4.21 Å². The molecule has 0 amide bonds. The summed E-state index contributed by atoms with van der Waals surface area (Å²) in [6.07, 6.45) is 5.22. The fraction of sp³-hybridized carbons (Fsp3) is 1.00. The van der Waals surface area contributed by atoms with Crippen LogP contribution in [0.25, 0.3) is 0 Å². The molecule has 3 nitrogen and oxygen atoms in total. The standard InChI is InChI=1S/C13H28N2OS/c1-5-13(6-2)11-15(9-8-14-13)12(3)7-10-17(4)16/h12,14H,5-11H2,1-4H3. The molecule has 0 aromatic heterocycles. The van der Waals surface area contributed by atoms with Crippen LogP contribution in [0.15, 0.2) is 0 Å². The van der Waals surface area contributed by atoms with Gasteiger partial charge in [0.25, 0.3) is 0 Å². The van der Waals surface area contributed by atoms with Gasteiger partial charge in [-0.1, -0.05) is 13.8 Å². The fourth-order valence-corrected chi connectivity index (χ4v) is 3.28. The van der Waals surface area contributed by atoms with Crippen LogP contribution < -0.4 is 5.32 Å². The number of nitrogens with one attached hydrogen (secondary N) is 1. The molecule has 0 bridgehead atoms. The largest absolute Gasteiger partial charge is 0.309 e. The second kappa shape index (κ2) is 6.86. The Morgan fingerprint density at radius 1 is 1.41 bits per heavy atom. The lowest BCUT2D eigenvalue weighted by Gasteiger charge is -2.45. The van der Waals surface area contributed by atoms with Crippen molar-refractivity contribution in [1.29, 1.82) is 0 Å². The molecule has 0 spiro atoms. The monoisotopic (exact) mass is 260 g/mol. The van der Waals surface area contributed by atoms with Gasteiger partial charge in [-0.05, 0) is 26.2 Å². The van der Waals surface area contributed by atoms with Crippen molar-refractivity contribution in [3.63, 3.8) is 0 Å². The van der Waals surface area contributed by atoms with Gasteiger partial charge in [0.2, 0.25) is 0 Å². The Labute approximate surface area is 109 Å². The highest BCUT2D eigenvalue weighted by atomic mass is 32.2. The summed E-state index contributed by atoms with van der Waals surface area (Å²) < 4.78 is 11.2. The lowest BCUT2D eigenvalue weighted by Crippen LogP contribution is -2.61. The topological polar surface area (TPSA) is 32.3 Å². The molecule has 1 aliphatic heterocycles. The normalized spacial score (nSPS) is 24.5. The number of piperazine rings is 1. The summed E-state index contributed by atoms with van der Waals surface area (Å²) in [7, 11) is -0.656. The third-order valence-electron chi connectivity index (χ3n) is 4.20. The predicted octanol–water partition coefficient (Wildman–Crippen LogP) is 1.61. The van der Waals surface area contributed by atoms with Crippen molar-refractivity contribution in [1.82, 2.24) is 10.2 Å². The Kier molecular flexibility index (Phi) is 6.10. The van der Waals surface area contributed by atoms with E-state index in [4.69, 9.17) is 0 Å². The zero-order chi connectivity index (χ0) is 12.9. The maximum absolute atomic E-state index is 11.2. The molecular formula is C13H28N2OS. The average Bonchev–Trinajstić information content (AvgIpc) is 2.35. The van der Waals surface area contributed by atoms with Gasteiger partial charge in [-0.25, -0.2) is 0 Å². The van der Waals surface area contributed by atoms with Crippen LogP contribution in [0.5, 0.6) is 0 Å². The lowest BCUT2D eigenvalue weighted by molar-refractivity contribution is 0.0908. The van der Waals surface area contributed by atoms with Gasteiger partial charge in [0.1, 0.15) is 0 Å². The molecule has 1 N–H and O–H groups in total. The molecular weight excluding hydrogens is 232 g/mol. The molecule has 1 rings (SSSR count). The molecule has 0 aliphatic carbocycles. The van der Waals surface area contributed by atoms with E-state index in [2.05, 4.69) is 31.0 Å². The van der Waals surface area contributed by atoms with Crippen molar-refractivity contribution in [3.05, 3.63) is 0 Å². The minimum Gasteiger partial charge on any atom is -0.309 e. The van der Waals surface area contributed by atoms with Crippen LogP contribution in [0.2, 0.25) is 0 Å². The van der Waals surface area contributed by atoms with Crippen LogP contribution in [0, 0.1) is 0 Å². The van der Waals surface area contributed by atoms with Crippen LogP contribution in [-0.4, -0.2) is 52.3 Å². The first-order valence-electron chi connectivity index (χ1n) is 6.82. The van der Waals surface area contributed by atoms with Crippen molar-refractivity contribution >= 4 is 10.8 Å². The van der Waals surface area contributed by atoms with Crippen molar-refractivity contribution in [2.75, 3.05) is 31.6 Å². The highest BCUT2D eigenvalue weighted by molar-refractivity contribution is 7.84. The summed E-state index contributed by atoms with van der Waals surface area (Å²) in [5.74, 6) is 0.830. The first-order valence-corrected chi connectivity index (χ1v) is 8.55. The number of nitrogens with zero attached hydrogens (tertiary/aromatic N) is 1. The van der Waals surface area contributed by atoms with Crippen molar-refractivity contribution in [2.24, 2.45) is 0 Å². The zero-order valence-electron chi connectivity index (χ0n) is 11.8. The van der Waals surface area contributed by atoms with E-state index in [1.807, 2.05) is 0 Å². The summed E-state index contributed by atoms with van der Waals surface area (Å²) in [6, 6.07) is 0.554. The molecule has 2 unspecified atom stereocenters. The van der Waals surface area contributed by atoms with E-state index >= 15 is 0 Å². The van der Waals surface area contributed by atoms with Crippen molar-refractivity contribution in [3.8, 4) is 0 Å². The van der Waals surface area contributed by atoms with Gasteiger partial charge in [0, 0.05) is 54.0 Å². The van der Waals surface area contributed by atoms with E-state index in [1.54, 1.807) is 6.26 Å². The third kappa shape index (κ3) is 4.34. The minimum atomic E-state index is -0.656. The second-order valence-corrected chi connectivity index (χ2v) is 6.85. The number of hydrogen-bond donors (Lipinski definition) is 1. The van der Waals surface area contributed by atoms with Gasteiger partial charge < -0.3 is 5.32 Å². The SMILES string of the molecule is CCC1(CC)CN(C(C)CCS(C)=O)CCN1. The Hall–Kier alpha value is 0.0700. The Balaban J connectivity index is 2.50. The summed E-state index contributed by atoms with van der Waals surface area (Å²) in [5.41, 5.74) is 0.303. The summed E-state index contributed by atoms with van der Waals surface area (Å²) in [4.78, 5) is 2.57. The van der Waals surface area contributed by atoms with Gasteiger partial charge >= 0.3 is 0 Å². The maximum Gasteiger partial charge on any atom is 0.0304 e. The van der Waals surface area contributed by atoms with Crippen molar-refractivity contribution in [2.45, 2.75) is 51.6 Å². The van der Waals surface area contributed by atoms with Crippen LogP contribution in [0.4, 0.5) is 0 Å². The molecule has 1 saturated heterocycles. The van der Waals surface area contributed by atoms with E-state index < -0.39 is 10.8 Å². The molecule has 0 radical (unpaired) electrons. The number of hydrogen-bond acceptors (Lipinski definition) is 3. The summed E-state index contributed by atoms with van der Waals surface area (Å²) in [5, 5.41) is 3.68. The lowest BCUT2D eigenvalue weighted by atomic mass is 9.89.